The van der Waals surface area contributed by atoms with E-state index in [4.69, 9.17) is 5.11 Å². The topological polar surface area (TPSA) is 66.4 Å². The highest BCUT2D eigenvalue weighted by molar-refractivity contribution is 7.99. The second-order valence-corrected chi connectivity index (χ2v) is 7.55. The summed E-state index contributed by atoms with van der Waals surface area (Å²) in [6.07, 6.45) is 2.83. The predicted molar refractivity (Wildman–Crippen MR) is 80.6 cm³/mol. The van der Waals surface area contributed by atoms with Gasteiger partial charge in [0.2, 0.25) is 10.0 Å². The maximum atomic E-state index is 11.9. The normalized spacial score (nSPS) is 13.4. The van der Waals surface area contributed by atoms with Gasteiger partial charge in [-0.25, -0.2) is 13.1 Å². The zero-order valence-electron chi connectivity index (χ0n) is 11.3. The van der Waals surface area contributed by atoms with Gasteiger partial charge >= 0.3 is 0 Å². The van der Waals surface area contributed by atoms with Gasteiger partial charge in [-0.1, -0.05) is 31.2 Å². The molecule has 0 fully saturated rings. The maximum absolute atomic E-state index is 11.9. The SMILES string of the molecule is CSC(C)CCNS(=O)(=O)Cc1cccc(CO)c1. The van der Waals surface area contributed by atoms with Crippen molar-refractivity contribution in [3.63, 3.8) is 0 Å². The summed E-state index contributed by atoms with van der Waals surface area (Å²) < 4.78 is 26.4. The third kappa shape index (κ3) is 6.42. The van der Waals surface area contributed by atoms with Crippen molar-refractivity contribution in [1.29, 1.82) is 0 Å². The van der Waals surface area contributed by atoms with Crippen LogP contribution in [0.15, 0.2) is 24.3 Å². The molecule has 6 heteroatoms. The average Bonchev–Trinajstić information content (AvgIpc) is 2.37. The molecule has 0 aliphatic rings. The Morgan fingerprint density at radius 2 is 2.05 bits per heavy atom. The van der Waals surface area contributed by atoms with Gasteiger partial charge in [-0.3, -0.25) is 0 Å². The van der Waals surface area contributed by atoms with E-state index in [9.17, 15) is 8.42 Å². The van der Waals surface area contributed by atoms with Gasteiger partial charge in [0.05, 0.1) is 12.4 Å². The van der Waals surface area contributed by atoms with Crippen LogP contribution in [0.4, 0.5) is 0 Å². The molecule has 2 N–H and O–H groups in total. The highest BCUT2D eigenvalue weighted by atomic mass is 32.2. The molecule has 0 amide bonds. The Balaban J connectivity index is 2.54. The molecule has 19 heavy (non-hydrogen) atoms. The molecule has 1 atom stereocenters. The molecule has 0 aromatic heterocycles. The number of hydrogen-bond acceptors (Lipinski definition) is 4. The van der Waals surface area contributed by atoms with Gasteiger partial charge in [-0.05, 0) is 23.8 Å². The smallest absolute Gasteiger partial charge is 0.215 e. The number of aliphatic hydroxyl groups excluding tert-OH is 1. The molecule has 0 saturated heterocycles. The van der Waals surface area contributed by atoms with Gasteiger partial charge in [-0.2, -0.15) is 11.8 Å². The van der Waals surface area contributed by atoms with Crippen LogP contribution in [0.1, 0.15) is 24.5 Å². The fraction of sp³-hybridized carbons (Fsp3) is 0.538. The quantitative estimate of drug-likeness (QED) is 0.768. The third-order valence-electron chi connectivity index (χ3n) is 2.81. The highest BCUT2D eigenvalue weighted by Gasteiger charge is 2.12. The van der Waals surface area contributed by atoms with Gasteiger partial charge in [0, 0.05) is 11.8 Å². The Morgan fingerprint density at radius 1 is 1.37 bits per heavy atom. The fourth-order valence-electron chi connectivity index (χ4n) is 1.62. The van der Waals surface area contributed by atoms with Crippen molar-refractivity contribution < 1.29 is 13.5 Å². The first-order valence-electron chi connectivity index (χ1n) is 6.15. The van der Waals surface area contributed by atoms with E-state index in [1.54, 1.807) is 36.0 Å². The number of hydrogen-bond donors (Lipinski definition) is 2. The Morgan fingerprint density at radius 3 is 2.68 bits per heavy atom. The molecule has 0 aliphatic heterocycles. The number of thioether (sulfide) groups is 1. The molecule has 0 bridgehead atoms. The first kappa shape index (κ1) is 16.5. The minimum atomic E-state index is -3.30. The lowest BCUT2D eigenvalue weighted by molar-refractivity contribution is 0.282. The lowest BCUT2D eigenvalue weighted by Gasteiger charge is -2.10. The second-order valence-electron chi connectivity index (χ2n) is 4.47. The molecule has 0 heterocycles. The summed E-state index contributed by atoms with van der Waals surface area (Å²) >= 11 is 1.72. The Bertz CT molecular complexity index is 488. The van der Waals surface area contributed by atoms with E-state index in [0.717, 1.165) is 12.0 Å². The molecule has 1 aromatic carbocycles. The fourth-order valence-corrected chi connectivity index (χ4v) is 3.13. The molecule has 1 aromatic rings. The predicted octanol–water partition coefficient (Wildman–Crippen LogP) is 1.74. The van der Waals surface area contributed by atoms with E-state index in [2.05, 4.69) is 11.6 Å². The lowest BCUT2D eigenvalue weighted by Crippen LogP contribution is -2.27. The summed E-state index contributed by atoms with van der Waals surface area (Å²) in [5, 5.41) is 9.47. The van der Waals surface area contributed by atoms with E-state index in [1.165, 1.54) is 0 Å². The molecule has 0 spiro atoms. The van der Waals surface area contributed by atoms with E-state index < -0.39 is 10.0 Å². The number of benzene rings is 1. The molecule has 0 aliphatic carbocycles. The van der Waals surface area contributed by atoms with Gasteiger partial charge in [-0.15, -0.1) is 0 Å². The lowest BCUT2D eigenvalue weighted by atomic mass is 10.1. The van der Waals surface area contributed by atoms with E-state index in [0.29, 0.717) is 17.4 Å². The molecule has 0 radical (unpaired) electrons. The molecular weight excluding hydrogens is 282 g/mol. The van der Waals surface area contributed by atoms with Crippen molar-refractivity contribution in [3.05, 3.63) is 35.4 Å². The summed E-state index contributed by atoms with van der Waals surface area (Å²) in [5.41, 5.74) is 1.42. The van der Waals surface area contributed by atoms with Crippen LogP contribution in [0.5, 0.6) is 0 Å². The van der Waals surface area contributed by atoms with Crippen LogP contribution in [0.2, 0.25) is 0 Å². The number of nitrogens with one attached hydrogen (secondary N) is 1. The molecule has 4 nitrogen and oxygen atoms in total. The van der Waals surface area contributed by atoms with Crippen molar-refractivity contribution in [2.45, 2.75) is 31.0 Å². The van der Waals surface area contributed by atoms with Crippen molar-refractivity contribution in [2.24, 2.45) is 0 Å². The number of aliphatic hydroxyl groups is 1. The Hall–Kier alpha value is -0.560. The van der Waals surface area contributed by atoms with Crippen molar-refractivity contribution in [1.82, 2.24) is 4.72 Å². The van der Waals surface area contributed by atoms with Crippen molar-refractivity contribution in [2.75, 3.05) is 12.8 Å². The van der Waals surface area contributed by atoms with Crippen LogP contribution in [0.3, 0.4) is 0 Å². The van der Waals surface area contributed by atoms with Gasteiger partial charge < -0.3 is 5.11 Å². The van der Waals surface area contributed by atoms with E-state index in [-0.39, 0.29) is 12.4 Å². The van der Waals surface area contributed by atoms with E-state index >= 15 is 0 Å². The van der Waals surface area contributed by atoms with Crippen LogP contribution in [-0.4, -0.2) is 31.6 Å². The standard InChI is InChI=1S/C13H21NO3S2/c1-11(18-2)6-7-14-19(16,17)10-13-5-3-4-12(8-13)9-15/h3-5,8,11,14-15H,6-7,9-10H2,1-2H3. The molecule has 1 rings (SSSR count). The van der Waals surface area contributed by atoms with Crippen LogP contribution in [-0.2, 0) is 22.4 Å². The molecule has 108 valence electrons. The maximum Gasteiger partial charge on any atom is 0.215 e. The number of sulfonamides is 1. The van der Waals surface area contributed by atoms with Gasteiger partial charge in [0.25, 0.3) is 0 Å². The second kappa shape index (κ2) is 7.89. The Kier molecular flexibility index (Phi) is 6.85. The summed E-state index contributed by atoms with van der Waals surface area (Å²) in [4.78, 5) is 0. The first-order valence-corrected chi connectivity index (χ1v) is 9.09. The van der Waals surface area contributed by atoms with E-state index in [1.807, 2.05) is 6.26 Å². The Labute approximate surface area is 119 Å². The third-order valence-corrected chi connectivity index (χ3v) is 5.20. The van der Waals surface area contributed by atoms with Gasteiger partial charge in [0.1, 0.15) is 0 Å². The molecule has 1 unspecified atom stereocenters. The molecule has 0 saturated carbocycles. The summed E-state index contributed by atoms with van der Waals surface area (Å²) in [6, 6.07) is 6.99. The van der Waals surface area contributed by atoms with Crippen LogP contribution < -0.4 is 4.72 Å². The summed E-state index contributed by atoms with van der Waals surface area (Å²) in [5.74, 6) is -0.0471. The van der Waals surface area contributed by atoms with Gasteiger partial charge in [0.15, 0.2) is 0 Å². The summed E-state index contributed by atoms with van der Waals surface area (Å²) in [6.45, 7) is 2.46. The minimum absolute atomic E-state index is 0.0471. The van der Waals surface area contributed by atoms with Crippen LogP contribution in [0, 0.1) is 0 Å². The minimum Gasteiger partial charge on any atom is -0.392 e. The zero-order valence-corrected chi connectivity index (χ0v) is 12.9. The molecular formula is C13H21NO3S2. The van der Waals surface area contributed by atoms with Crippen molar-refractivity contribution in [3.8, 4) is 0 Å². The highest BCUT2D eigenvalue weighted by Crippen LogP contribution is 2.10. The first-order chi connectivity index (χ1) is 8.96. The monoisotopic (exact) mass is 303 g/mol. The zero-order chi connectivity index (χ0) is 14.3. The van der Waals surface area contributed by atoms with Crippen LogP contribution in [0.25, 0.3) is 0 Å². The average molecular weight is 303 g/mol. The largest absolute Gasteiger partial charge is 0.392 e. The van der Waals surface area contributed by atoms with Crippen molar-refractivity contribution >= 4 is 21.8 Å². The van der Waals surface area contributed by atoms with Crippen LogP contribution >= 0.6 is 11.8 Å². The number of rotatable bonds is 8. The summed E-state index contributed by atoms with van der Waals surface area (Å²) in [7, 11) is -3.30.